The van der Waals surface area contributed by atoms with E-state index in [0.717, 1.165) is 11.3 Å². The smallest absolute Gasteiger partial charge is 0.266 e. The summed E-state index contributed by atoms with van der Waals surface area (Å²) in [4.78, 5) is 17.8. The molecule has 0 aliphatic rings. The lowest BCUT2D eigenvalue weighted by atomic mass is 10.1. The van der Waals surface area contributed by atoms with E-state index in [2.05, 4.69) is 0 Å². The Morgan fingerprint density at radius 1 is 0.889 bits per heavy atom. The summed E-state index contributed by atoms with van der Waals surface area (Å²) in [6, 6.07) is 26.3. The van der Waals surface area contributed by atoms with E-state index in [1.165, 1.54) is 11.8 Å². The largest absolute Gasteiger partial charge is 0.388 e. The first-order chi connectivity index (χ1) is 13.2. The minimum absolute atomic E-state index is 0.108. The van der Waals surface area contributed by atoms with Crippen molar-refractivity contribution in [2.75, 3.05) is 5.75 Å². The first-order valence-electron chi connectivity index (χ1n) is 8.67. The quantitative estimate of drug-likeness (QED) is 0.420. The van der Waals surface area contributed by atoms with Gasteiger partial charge in [0, 0.05) is 5.75 Å². The predicted molar refractivity (Wildman–Crippen MR) is 109 cm³/mol. The Hall–Kier alpha value is -2.89. The van der Waals surface area contributed by atoms with Gasteiger partial charge >= 0.3 is 0 Å². The molecule has 0 saturated heterocycles. The molecule has 5 heteroatoms. The second-order valence-electron chi connectivity index (χ2n) is 6.13. The number of aliphatic hydroxyl groups is 1. The lowest BCUT2D eigenvalue weighted by Crippen LogP contribution is -2.22. The Morgan fingerprint density at radius 2 is 1.52 bits per heavy atom. The number of hydrogen-bond acceptors (Lipinski definition) is 4. The van der Waals surface area contributed by atoms with Crippen molar-refractivity contribution in [2.45, 2.75) is 11.3 Å². The van der Waals surface area contributed by atoms with Gasteiger partial charge in [-0.05, 0) is 29.8 Å². The molecule has 27 heavy (non-hydrogen) atoms. The molecule has 1 aromatic heterocycles. The highest BCUT2D eigenvalue weighted by atomic mass is 32.2. The first kappa shape index (κ1) is 17.5. The fraction of sp³-hybridized carbons (Fsp3) is 0.0909. The van der Waals surface area contributed by atoms with E-state index < -0.39 is 6.10 Å². The van der Waals surface area contributed by atoms with Crippen molar-refractivity contribution >= 4 is 22.7 Å². The van der Waals surface area contributed by atoms with Gasteiger partial charge in [-0.1, -0.05) is 72.4 Å². The van der Waals surface area contributed by atoms with Crippen LogP contribution in [0.15, 0.2) is 94.9 Å². The molecule has 0 aliphatic heterocycles. The Morgan fingerprint density at radius 3 is 2.26 bits per heavy atom. The minimum atomic E-state index is -0.635. The lowest BCUT2D eigenvalue weighted by Gasteiger charge is -2.15. The minimum Gasteiger partial charge on any atom is -0.388 e. The Labute approximate surface area is 161 Å². The van der Waals surface area contributed by atoms with E-state index in [-0.39, 0.29) is 5.56 Å². The normalized spacial score (nSPS) is 12.2. The number of rotatable bonds is 5. The van der Waals surface area contributed by atoms with E-state index in [0.29, 0.717) is 21.8 Å². The van der Waals surface area contributed by atoms with Gasteiger partial charge in [-0.25, -0.2) is 4.98 Å². The van der Waals surface area contributed by atoms with Gasteiger partial charge in [-0.3, -0.25) is 9.36 Å². The Balaban J connectivity index is 1.76. The van der Waals surface area contributed by atoms with Crippen LogP contribution < -0.4 is 5.56 Å². The molecule has 0 radical (unpaired) electrons. The molecule has 0 bridgehead atoms. The lowest BCUT2D eigenvalue weighted by molar-refractivity contribution is 0.204. The van der Waals surface area contributed by atoms with Crippen molar-refractivity contribution in [3.05, 3.63) is 101 Å². The molecule has 0 spiro atoms. The van der Waals surface area contributed by atoms with E-state index in [1.54, 1.807) is 10.6 Å². The predicted octanol–water partition coefficient (Wildman–Crippen LogP) is 4.21. The van der Waals surface area contributed by atoms with Crippen LogP contribution in [0, 0.1) is 0 Å². The van der Waals surface area contributed by atoms with Crippen LogP contribution >= 0.6 is 11.8 Å². The molecule has 1 atom stereocenters. The summed E-state index contributed by atoms with van der Waals surface area (Å²) >= 11 is 1.38. The summed E-state index contributed by atoms with van der Waals surface area (Å²) in [5, 5.41) is 11.6. The third kappa shape index (κ3) is 3.65. The van der Waals surface area contributed by atoms with Crippen molar-refractivity contribution in [1.82, 2.24) is 9.55 Å². The molecule has 4 aromatic rings. The number of thioether (sulfide) groups is 1. The van der Waals surface area contributed by atoms with Gasteiger partial charge in [0.2, 0.25) is 0 Å². The van der Waals surface area contributed by atoms with Gasteiger partial charge in [0.1, 0.15) is 0 Å². The third-order valence-electron chi connectivity index (χ3n) is 4.31. The maximum absolute atomic E-state index is 13.1. The molecule has 0 aliphatic carbocycles. The van der Waals surface area contributed by atoms with E-state index in [1.807, 2.05) is 78.9 Å². The molecule has 4 rings (SSSR count). The summed E-state index contributed by atoms with van der Waals surface area (Å²) in [5.74, 6) is 0.404. The molecule has 0 saturated carbocycles. The molecular weight excluding hydrogens is 356 g/mol. The number of para-hydroxylation sites is 2. The van der Waals surface area contributed by atoms with Gasteiger partial charge in [-0.2, -0.15) is 0 Å². The molecule has 134 valence electrons. The van der Waals surface area contributed by atoms with E-state index in [4.69, 9.17) is 4.98 Å². The zero-order valence-corrected chi connectivity index (χ0v) is 15.3. The fourth-order valence-electron chi connectivity index (χ4n) is 2.94. The molecule has 1 heterocycles. The summed E-state index contributed by atoms with van der Waals surface area (Å²) in [6.45, 7) is 0. The van der Waals surface area contributed by atoms with Gasteiger partial charge < -0.3 is 5.11 Å². The number of benzene rings is 3. The third-order valence-corrected chi connectivity index (χ3v) is 5.33. The average molecular weight is 374 g/mol. The van der Waals surface area contributed by atoms with Gasteiger partial charge in [0.15, 0.2) is 5.16 Å². The molecule has 3 aromatic carbocycles. The van der Waals surface area contributed by atoms with Crippen LogP contribution in [0.5, 0.6) is 0 Å². The van der Waals surface area contributed by atoms with Crippen molar-refractivity contribution in [3.8, 4) is 5.69 Å². The van der Waals surface area contributed by atoms with Crippen molar-refractivity contribution in [2.24, 2.45) is 0 Å². The SMILES string of the molecule is O=c1c2ccccc2nc(SC[C@H](O)c2ccccc2)n1-c1ccccc1. The summed E-state index contributed by atoms with van der Waals surface area (Å²) < 4.78 is 1.62. The standard InChI is InChI=1S/C22H18N2O2S/c25-20(16-9-3-1-4-10-16)15-27-22-23-19-14-8-7-13-18(19)21(26)24(22)17-11-5-2-6-12-17/h1-14,20,25H,15H2/t20-/m0/s1. The van der Waals surface area contributed by atoms with Crippen molar-refractivity contribution in [1.29, 1.82) is 0 Å². The van der Waals surface area contributed by atoms with E-state index >= 15 is 0 Å². The summed E-state index contributed by atoms with van der Waals surface area (Å²) in [5.41, 5.74) is 2.16. The monoisotopic (exact) mass is 374 g/mol. The second kappa shape index (κ2) is 7.78. The number of hydrogen-bond donors (Lipinski definition) is 1. The van der Waals surface area contributed by atoms with Crippen molar-refractivity contribution < 1.29 is 5.11 Å². The van der Waals surface area contributed by atoms with Crippen LogP contribution in [0.4, 0.5) is 0 Å². The van der Waals surface area contributed by atoms with Gasteiger partial charge in [-0.15, -0.1) is 0 Å². The number of aliphatic hydroxyl groups excluding tert-OH is 1. The summed E-state index contributed by atoms with van der Waals surface area (Å²) in [6.07, 6.45) is -0.635. The highest BCUT2D eigenvalue weighted by Gasteiger charge is 2.15. The van der Waals surface area contributed by atoms with Gasteiger partial charge in [0.25, 0.3) is 5.56 Å². The Kier molecular flexibility index (Phi) is 5.05. The fourth-order valence-corrected chi connectivity index (χ4v) is 3.92. The summed E-state index contributed by atoms with van der Waals surface area (Å²) in [7, 11) is 0. The van der Waals surface area contributed by atoms with Crippen LogP contribution in [0.3, 0.4) is 0 Å². The zero-order valence-electron chi connectivity index (χ0n) is 14.5. The Bertz CT molecular complexity index is 1110. The number of fused-ring (bicyclic) bond motifs is 1. The first-order valence-corrected chi connectivity index (χ1v) is 9.65. The van der Waals surface area contributed by atoms with E-state index in [9.17, 15) is 9.90 Å². The second-order valence-corrected chi connectivity index (χ2v) is 7.11. The van der Waals surface area contributed by atoms with Crippen LogP contribution in [0.25, 0.3) is 16.6 Å². The number of nitrogens with zero attached hydrogens (tertiary/aromatic N) is 2. The molecule has 1 N–H and O–H groups in total. The highest BCUT2D eigenvalue weighted by Crippen LogP contribution is 2.26. The van der Waals surface area contributed by atoms with Crippen LogP contribution in [0.2, 0.25) is 0 Å². The van der Waals surface area contributed by atoms with Gasteiger partial charge in [0.05, 0.1) is 22.7 Å². The topological polar surface area (TPSA) is 55.1 Å². The highest BCUT2D eigenvalue weighted by molar-refractivity contribution is 7.99. The number of aromatic nitrogens is 2. The molecule has 0 unspecified atom stereocenters. The van der Waals surface area contributed by atoms with Crippen LogP contribution in [0.1, 0.15) is 11.7 Å². The molecule has 0 amide bonds. The van der Waals surface area contributed by atoms with Crippen LogP contribution in [-0.2, 0) is 0 Å². The average Bonchev–Trinajstić information content (AvgIpc) is 2.73. The van der Waals surface area contributed by atoms with Crippen LogP contribution in [-0.4, -0.2) is 20.4 Å². The maximum atomic E-state index is 13.1. The molecular formula is C22H18N2O2S. The maximum Gasteiger partial charge on any atom is 0.266 e. The molecule has 4 nitrogen and oxygen atoms in total. The van der Waals surface area contributed by atoms with Crippen molar-refractivity contribution in [3.63, 3.8) is 0 Å². The zero-order chi connectivity index (χ0) is 18.6. The molecule has 0 fully saturated rings.